The van der Waals surface area contributed by atoms with E-state index in [-0.39, 0.29) is 17.9 Å². The Kier molecular flexibility index (Phi) is 5.94. The summed E-state index contributed by atoms with van der Waals surface area (Å²) >= 11 is 7.42. The van der Waals surface area contributed by atoms with Crippen molar-refractivity contribution in [2.75, 3.05) is 5.75 Å². The molecule has 2 N–H and O–H groups in total. The standard InChI is InChI=1S/C15H18ClNO3S/c16-11-2-5-13(6-3-11)21-8-7-14(18)17-12-4-1-10(9-12)15(19)20/h2-3,5-6,10,12H,1,4,7-9H2,(H,17,18)(H,19,20). The molecule has 1 aromatic rings. The first kappa shape index (κ1) is 16.2. The molecule has 0 saturated heterocycles. The number of carboxylic acids is 1. The summed E-state index contributed by atoms with van der Waals surface area (Å²) in [6, 6.07) is 7.53. The highest BCUT2D eigenvalue weighted by Crippen LogP contribution is 2.26. The molecule has 1 aromatic carbocycles. The lowest BCUT2D eigenvalue weighted by Gasteiger charge is -2.12. The van der Waals surface area contributed by atoms with Crippen LogP contribution in [0.15, 0.2) is 29.2 Å². The van der Waals surface area contributed by atoms with Crippen molar-refractivity contribution in [1.29, 1.82) is 0 Å². The van der Waals surface area contributed by atoms with Crippen molar-refractivity contribution in [3.05, 3.63) is 29.3 Å². The van der Waals surface area contributed by atoms with Crippen LogP contribution in [0.2, 0.25) is 5.02 Å². The number of benzene rings is 1. The van der Waals surface area contributed by atoms with Gasteiger partial charge < -0.3 is 10.4 Å². The highest BCUT2D eigenvalue weighted by Gasteiger charge is 2.30. The third-order valence-corrected chi connectivity index (χ3v) is 4.82. The zero-order valence-electron chi connectivity index (χ0n) is 11.5. The van der Waals surface area contributed by atoms with Crippen LogP contribution in [-0.2, 0) is 9.59 Å². The van der Waals surface area contributed by atoms with Crippen LogP contribution in [0, 0.1) is 5.92 Å². The van der Waals surface area contributed by atoms with Gasteiger partial charge >= 0.3 is 5.97 Å². The van der Waals surface area contributed by atoms with Crippen LogP contribution in [0.3, 0.4) is 0 Å². The molecule has 1 amide bonds. The van der Waals surface area contributed by atoms with Crippen molar-refractivity contribution in [1.82, 2.24) is 5.32 Å². The number of halogens is 1. The van der Waals surface area contributed by atoms with E-state index in [1.165, 1.54) is 0 Å². The Morgan fingerprint density at radius 1 is 1.29 bits per heavy atom. The van der Waals surface area contributed by atoms with Crippen molar-refractivity contribution < 1.29 is 14.7 Å². The number of nitrogens with one attached hydrogen (secondary N) is 1. The van der Waals surface area contributed by atoms with Crippen LogP contribution in [0.25, 0.3) is 0 Å². The first-order chi connectivity index (χ1) is 10.0. The van der Waals surface area contributed by atoms with Gasteiger partial charge in [-0.15, -0.1) is 11.8 Å². The first-order valence-corrected chi connectivity index (χ1v) is 8.31. The molecule has 2 rings (SSSR count). The fourth-order valence-electron chi connectivity index (χ4n) is 2.43. The summed E-state index contributed by atoms with van der Waals surface area (Å²) < 4.78 is 0. The average molecular weight is 328 g/mol. The topological polar surface area (TPSA) is 66.4 Å². The molecule has 2 atom stereocenters. The first-order valence-electron chi connectivity index (χ1n) is 6.95. The van der Waals surface area contributed by atoms with Crippen LogP contribution in [0.5, 0.6) is 0 Å². The SMILES string of the molecule is O=C(CCSc1ccc(Cl)cc1)NC1CCC(C(=O)O)C1. The second-order valence-electron chi connectivity index (χ2n) is 5.17. The van der Waals surface area contributed by atoms with Gasteiger partial charge in [0.05, 0.1) is 5.92 Å². The van der Waals surface area contributed by atoms with Gasteiger partial charge in [-0.25, -0.2) is 0 Å². The molecule has 0 aromatic heterocycles. The predicted octanol–water partition coefficient (Wildman–Crippen LogP) is 3.19. The lowest BCUT2D eigenvalue weighted by atomic mass is 10.1. The molecule has 2 unspecified atom stereocenters. The summed E-state index contributed by atoms with van der Waals surface area (Å²) in [6.45, 7) is 0. The minimum atomic E-state index is -0.759. The van der Waals surface area contributed by atoms with Gasteiger partial charge in [-0.2, -0.15) is 0 Å². The summed E-state index contributed by atoms with van der Waals surface area (Å²) in [7, 11) is 0. The van der Waals surface area contributed by atoms with Crippen molar-refractivity contribution >= 4 is 35.2 Å². The molecule has 1 fully saturated rings. The Bertz CT molecular complexity index is 506. The summed E-state index contributed by atoms with van der Waals surface area (Å²) in [5.41, 5.74) is 0. The minimum Gasteiger partial charge on any atom is -0.481 e. The quantitative estimate of drug-likeness (QED) is 0.787. The molecule has 0 radical (unpaired) electrons. The third-order valence-electron chi connectivity index (χ3n) is 3.56. The van der Waals surface area contributed by atoms with E-state index in [1.807, 2.05) is 24.3 Å². The largest absolute Gasteiger partial charge is 0.481 e. The van der Waals surface area contributed by atoms with E-state index in [1.54, 1.807) is 11.8 Å². The fourth-order valence-corrected chi connectivity index (χ4v) is 3.41. The number of amides is 1. The molecule has 4 nitrogen and oxygen atoms in total. The molecule has 0 bridgehead atoms. The molecule has 1 aliphatic rings. The fraction of sp³-hybridized carbons (Fsp3) is 0.467. The maximum absolute atomic E-state index is 11.8. The van der Waals surface area contributed by atoms with Crippen molar-refractivity contribution in [3.8, 4) is 0 Å². The van der Waals surface area contributed by atoms with Crippen molar-refractivity contribution in [3.63, 3.8) is 0 Å². The van der Waals surface area contributed by atoms with Crippen LogP contribution in [0.1, 0.15) is 25.7 Å². The molecule has 0 heterocycles. The summed E-state index contributed by atoms with van der Waals surface area (Å²) in [5, 5.41) is 12.5. The van der Waals surface area contributed by atoms with E-state index < -0.39 is 5.97 Å². The molecule has 21 heavy (non-hydrogen) atoms. The number of carboxylic acid groups (broad SMARTS) is 1. The van der Waals surface area contributed by atoms with E-state index in [2.05, 4.69) is 5.32 Å². The molecular formula is C15H18ClNO3S. The number of thioether (sulfide) groups is 1. The normalized spacial score (nSPS) is 21.2. The molecule has 1 saturated carbocycles. The lowest BCUT2D eigenvalue weighted by molar-refractivity contribution is -0.141. The number of hydrogen-bond donors (Lipinski definition) is 2. The average Bonchev–Trinajstić information content (AvgIpc) is 2.90. The maximum atomic E-state index is 11.8. The van der Waals surface area contributed by atoms with Gasteiger partial charge in [0.2, 0.25) is 5.91 Å². The highest BCUT2D eigenvalue weighted by molar-refractivity contribution is 7.99. The Labute approximate surface area is 133 Å². The number of carbonyl (C=O) groups is 2. The van der Waals surface area contributed by atoms with E-state index in [0.717, 1.165) is 11.3 Å². The molecule has 114 valence electrons. The molecule has 6 heteroatoms. The monoisotopic (exact) mass is 327 g/mol. The summed E-state index contributed by atoms with van der Waals surface area (Å²) in [4.78, 5) is 23.8. The highest BCUT2D eigenvalue weighted by atomic mass is 35.5. The second kappa shape index (κ2) is 7.71. The number of rotatable bonds is 6. The van der Waals surface area contributed by atoms with E-state index >= 15 is 0 Å². The Morgan fingerprint density at radius 2 is 2.00 bits per heavy atom. The summed E-state index contributed by atoms with van der Waals surface area (Å²) in [6.07, 6.45) is 2.39. The van der Waals surface area contributed by atoms with Crippen LogP contribution < -0.4 is 5.32 Å². The maximum Gasteiger partial charge on any atom is 0.306 e. The Balaban J connectivity index is 1.66. The smallest absolute Gasteiger partial charge is 0.306 e. The third kappa shape index (κ3) is 5.25. The van der Waals surface area contributed by atoms with E-state index in [4.69, 9.17) is 16.7 Å². The zero-order chi connectivity index (χ0) is 15.2. The van der Waals surface area contributed by atoms with E-state index in [0.29, 0.717) is 30.0 Å². The zero-order valence-corrected chi connectivity index (χ0v) is 13.1. The predicted molar refractivity (Wildman–Crippen MR) is 83.7 cm³/mol. The van der Waals surface area contributed by atoms with Crippen LogP contribution >= 0.6 is 23.4 Å². The molecular weight excluding hydrogens is 310 g/mol. The van der Waals surface area contributed by atoms with Crippen LogP contribution in [-0.4, -0.2) is 28.8 Å². The molecule has 0 aliphatic heterocycles. The van der Waals surface area contributed by atoms with Gasteiger partial charge in [0.25, 0.3) is 0 Å². The van der Waals surface area contributed by atoms with Gasteiger partial charge in [-0.3, -0.25) is 9.59 Å². The number of carbonyl (C=O) groups excluding carboxylic acids is 1. The van der Waals surface area contributed by atoms with E-state index in [9.17, 15) is 9.59 Å². The van der Waals surface area contributed by atoms with Crippen molar-refractivity contribution in [2.24, 2.45) is 5.92 Å². The van der Waals surface area contributed by atoms with Gasteiger partial charge in [0.1, 0.15) is 0 Å². The Hall–Kier alpha value is -1.20. The Morgan fingerprint density at radius 3 is 2.62 bits per heavy atom. The van der Waals surface area contributed by atoms with Gasteiger partial charge in [-0.1, -0.05) is 11.6 Å². The lowest BCUT2D eigenvalue weighted by Crippen LogP contribution is -2.33. The van der Waals surface area contributed by atoms with Gasteiger partial charge in [-0.05, 0) is 43.5 Å². The minimum absolute atomic E-state index is 0.00694. The molecule has 0 spiro atoms. The van der Waals surface area contributed by atoms with Gasteiger partial charge in [0, 0.05) is 28.1 Å². The number of hydrogen-bond acceptors (Lipinski definition) is 3. The second-order valence-corrected chi connectivity index (χ2v) is 6.77. The summed E-state index contributed by atoms with van der Waals surface area (Å²) in [5.74, 6) is -0.376. The number of aliphatic carboxylic acids is 1. The van der Waals surface area contributed by atoms with Gasteiger partial charge in [0.15, 0.2) is 0 Å². The van der Waals surface area contributed by atoms with Crippen molar-refractivity contribution in [2.45, 2.75) is 36.6 Å². The molecule has 1 aliphatic carbocycles. The van der Waals surface area contributed by atoms with Crippen LogP contribution in [0.4, 0.5) is 0 Å².